The van der Waals surface area contributed by atoms with E-state index in [2.05, 4.69) is 0 Å². The zero-order valence-electron chi connectivity index (χ0n) is 11.8. The third-order valence-corrected chi connectivity index (χ3v) is 3.26. The Balaban J connectivity index is 2.08. The van der Waals surface area contributed by atoms with Gasteiger partial charge in [-0.1, -0.05) is 0 Å². The van der Waals surface area contributed by atoms with E-state index in [0.29, 0.717) is 31.9 Å². The summed E-state index contributed by atoms with van der Waals surface area (Å²) < 4.78 is 37.9. The van der Waals surface area contributed by atoms with Crippen molar-refractivity contribution in [2.24, 2.45) is 5.73 Å². The number of hydrogen-bond acceptors (Lipinski definition) is 4. The van der Waals surface area contributed by atoms with Gasteiger partial charge < -0.3 is 20.1 Å². The molecule has 0 aliphatic carbocycles. The standard InChI is InChI=1S/C14H18F2N2O3/c1-9(14(19)18-2-4-20-5-3-18)21-13-11(15)6-10(8-17)7-12(13)16/h6-7,9H,2-5,8,17H2,1H3. The minimum Gasteiger partial charge on any atom is -0.475 e. The summed E-state index contributed by atoms with van der Waals surface area (Å²) in [5, 5.41) is 0. The molecular formula is C14H18F2N2O3. The normalized spacial score (nSPS) is 16.7. The number of nitrogens with two attached hydrogens (primary N) is 1. The number of carbonyl (C=O) groups excluding carboxylic acids is 1. The largest absolute Gasteiger partial charge is 0.475 e. The monoisotopic (exact) mass is 300 g/mol. The molecule has 2 rings (SSSR count). The van der Waals surface area contributed by atoms with E-state index < -0.39 is 23.5 Å². The second kappa shape index (κ2) is 6.82. The maximum atomic E-state index is 13.8. The molecule has 0 aromatic heterocycles. The van der Waals surface area contributed by atoms with E-state index in [1.807, 2.05) is 0 Å². The highest BCUT2D eigenvalue weighted by Gasteiger charge is 2.25. The van der Waals surface area contributed by atoms with Crippen molar-refractivity contribution >= 4 is 5.91 Å². The van der Waals surface area contributed by atoms with Crippen LogP contribution in [0.4, 0.5) is 8.78 Å². The number of halogens is 2. The van der Waals surface area contributed by atoms with Crippen LogP contribution < -0.4 is 10.5 Å². The van der Waals surface area contributed by atoms with Gasteiger partial charge in [-0.25, -0.2) is 8.78 Å². The molecule has 0 radical (unpaired) electrons. The van der Waals surface area contributed by atoms with Crippen LogP contribution in [0.15, 0.2) is 12.1 Å². The van der Waals surface area contributed by atoms with Crippen LogP contribution >= 0.6 is 0 Å². The molecule has 1 unspecified atom stereocenters. The van der Waals surface area contributed by atoms with Crippen LogP contribution in [0, 0.1) is 11.6 Å². The summed E-state index contributed by atoms with van der Waals surface area (Å²) in [6.45, 7) is 3.29. The van der Waals surface area contributed by atoms with Crippen molar-refractivity contribution in [3.63, 3.8) is 0 Å². The van der Waals surface area contributed by atoms with Crippen LogP contribution in [-0.4, -0.2) is 43.2 Å². The summed E-state index contributed by atoms with van der Waals surface area (Å²) in [4.78, 5) is 13.7. The van der Waals surface area contributed by atoms with E-state index in [-0.39, 0.29) is 12.5 Å². The molecule has 7 heteroatoms. The number of rotatable bonds is 4. The van der Waals surface area contributed by atoms with Gasteiger partial charge in [0.1, 0.15) is 0 Å². The van der Waals surface area contributed by atoms with Gasteiger partial charge in [-0.2, -0.15) is 0 Å². The van der Waals surface area contributed by atoms with Crippen molar-refractivity contribution in [2.45, 2.75) is 19.6 Å². The first-order valence-electron chi connectivity index (χ1n) is 6.74. The van der Waals surface area contributed by atoms with Gasteiger partial charge in [-0.05, 0) is 24.6 Å². The van der Waals surface area contributed by atoms with Crippen molar-refractivity contribution in [2.75, 3.05) is 26.3 Å². The predicted molar refractivity (Wildman–Crippen MR) is 71.7 cm³/mol. The van der Waals surface area contributed by atoms with Crippen LogP contribution in [0.2, 0.25) is 0 Å². The SMILES string of the molecule is CC(Oc1c(F)cc(CN)cc1F)C(=O)N1CCOCC1. The molecule has 1 aromatic carbocycles. The van der Waals surface area contributed by atoms with E-state index in [1.54, 1.807) is 4.90 Å². The first kappa shape index (κ1) is 15.7. The summed E-state index contributed by atoms with van der Waals surface area (Å²) in [7, 11) is 0. The second-order valence-electron chi connectivity index (χ2n) is 4.79. The number of hydrogen-bond donors (Lipinski definition) is 1. The van der Waals surface area contributed by atoms with E-state index in [4.69, 9.17) is 15.2 Å². The third kappa shape index (κ3) is 3.68. The van der Waals surface area contributed by atoms with Gasteiger partial charge in [0, 0.05) is 19.6 Å². The molecule has 1 aliphatic heterocycles. The lowest BCUT2D eigenvalue weighted by molar-refractivity contribution is -0.142. The lowest BCUT2D eigenvalue weighted by atomic mass is 10.2. The number of morpholine rings is 1. The van der Waals surface area contributed by atoms with Crippen LogP contribution in [0.3, 0.4) is 0 Å². The molecule has 1 amide bonds. The van der Waals surface area contributed by atoms with Crippen molar-refractivity contribution in [3.05, 3.63) is 29.3 Å². The van der Waals surface area contributed by atoms with E-state index in [0.717, 1.165) is 12.1 Å². The third-order valence-electron chi connectivity index (χ3n) is 3.26. The average molecular weight is 300 g/mol. The summed E-state index contributed by atoms with van der Waals surface area (Å²) in [6, 6.07) is 2.20. The molecule has 5 nitrogen and oxygen atoms in total. The van der Waals surface area contributed by atoms with Gasteiger partial charge in [-0.3, -0.25) is 4.79 Å². The lowest BCUT2D eigenvalue weighted by Crippen LogP contribution is -2.46. The first-order chi connectivity index (χ1) is 10.0. The van der Waals surface area contributed by atoms with Crippen LogP contribution in [-0.2, 0) is 16.1 Å². The Morgan fingerprint density at radius 1 is 1.38 bits per heavy atom. The summed E-state index contributed by atoms with van der Waals surface area (Å²) in [5.41, 5.74) is 5.66. The molecule has 1 aliphatic rings. The van der Waals surface area contributed by atoms with Gasteiger partial charge in [0.05, 0.1) is 13.2 Å². The Hall–Kier alpha value is -1.73. The topological polar surface area (TPSA) is 64.8 Å². The highest BCUT2D eigenvalue weighted by molar-refractivity contribution is 5.81. The van der Waals surface area contributed by atoms with Gasteiger partial charge in [-0.15, -0.1) is 0 Å². The molecular weight excluding hydrogens is 282 g/mol. The van der Waals surface area contributed by atoms with Crippen molar-refractivity contribution < 1.29 is 23.0 Å². The van der Waals surface area contributed by atoms with Crippen LogP contribution in [0.1, 0.15) is 12.5 Å². The van der Waals surface area contributed by atoms with E-state index in [1.165, 1.54) is 6.92 Å². The van der Waals surface area contributed by atoms with Crippen LogP contribution in [0.25, 0.3) is 0 Å². The number of ether oxygens (including phenoxy) is 2. The fraction of sp³-hybridized carbons (Fsp3) is 0.500. The molecule has 0 spiro atoms. The average Bonchev–Trinajstić information content (AvgIpc) is 2.50. The number of amides is 1. The van der Waals surface area contributed by atoms with Gasteiger partial charge >= 0.3 is 0 Å². The second-order valence-corrected chi connectivity index (χ2v) is 4.79. The Morgan fingerprint density at radius 2 is 1.95 bits per heavy atom. The van der Waals surface area contributed by atoms with Crippen molar-refractivity contribution in [1.29, 1.82) is 0 Å². The van der Waals surface area contributed by atoms with Gasteiger partial charge in [0.15, 0.2) is 23.5 Å². The maximum Gasteiger partial charge on any atom is 0.263 e. The molecule has 116 valence electrons. The van der Waals surface area contributed by atoms with Crippen molar-refractivity contribution in [3.8, 4) is 5.75 Å². The zero-order valence-corrected chi connectivity index (χ0v) is 11.8. The minimum absolute atomic E-state index is 0.0242. The Bertz CT molecular complexity index is 496. The highest BCUT2D eigenvalue weighted by Crippen LogP contribution is 2.24. The number of benzene rings is 1. The molecule has 2 N–H and O–H groups in total. The minimum atomic E-state index is -0.976. The Kier molecular flexibility index (Phi) is 5.08. The number of carbonyl (C=O) groups is 1. The predicted octanol–water partition coefficient (Wildman–Crippen LogP) is 1.05. The van der Waals surface area contributed by atoms with E-state index >= 15 is 0 Å². The molecule has 1 aromatic rings. The van der Waals surface area contributed by atoms with Crippen LogP contribution in [0.5, 0.6) is 5.75 Å². The summed E-state index contributed by atoms with van der Waals surface area (Å²) >= 11 is 0. The molecule has 0 saturated carbocycles. The Labute approximate surface area is 121 Å². The maximum absolute atomic E-state index is 13.8. The lowest BCUT2D eigenvalue weighted by Gasteiger charge is -2.29. The smallest absolute Gasteiger partial charge is 0.263 e. The van der Waals surface area contributed by atoms with Crippen molar-refractivity contribution in [1.82, 2.24) is 4.90 Å². The summed E-state index contributed by atoms with van der Waals surface area (Å²) in [5.74, 6) is -2.60. The molecule has 1 heterocycles. The first-order valence-corrected chi connectivity index (χ1v) is 6.74. The molecule has 1 saturated heterocycles. The van der Waals surface area contributed by atoms with Gasteiger partial charge in [0.2, 0.25) is 0 Å². The zero-order chi connectivity index (χ0) is 15.4. The molecule has 1 fully saturated rings. The number of nitrogens with zero attached hydrogens (tertiary/aromatic N) is 1. The van der Waals surface area contributed by atoms with Gasteiger partial charge in [0.25, 0.3) is 5.91 Å². The molecule has 21 heavy (non-hydrogen) atoms. The molecule has 1 atom stereocenters. The van der Waals surface area contributed by atoms with E-state index in [9.17, 15) is 13.6 Å². The summed E-state index contributed by atoms with van der Waals surface area (Å²) in [6.07, 6.45) is -0.976. The molecule has 0 bridgehead atoms. The quantitative estimate of drug-likeness (QED) is 0.902. The highest BCUT2D eigenvalue weighted by atomic mass is 19.1. The Morgan fingerprint density at radius 3 is 2.48 bits per heavy atom. The fourth-order valence-electron chi connectivity index (χ4n) is 2.11. The fourth-order valence-corrected chi connectivity index (χ4v) is 2.11.